The third kappa shape index (κ3) is 3.19. The van der Waals surface area contributed by atoms with Crippen molar-refractivity contribution in [1.82, 2.24) is 9.80 Å². The maximum absolute atomic E-state index is 12.0. The molecule has 1 saturated heterocycles. The van der Waals surface area contributed by atoms with Gasteiger partial charge in [0.1, 0.15) is 0 Å². The van der Waals surface area contributed by atoms with Crippen molar-refractivity contribution in [2.75, 3.05) is 26.7 Å². The van der Waals surface area contributed by atoms with Gasteiger partial charge in [0.2, 0.25) is 5.91 Å². The smallest absolute Gasteiger partial charge is 0.236 e. The lowest BCUT2D eigenvalue weighted by atomic mass is 9.91. The fraction of sp³-hybridized carbons (Fsp3) is 0.923. The lowest BCUT2D eigenvalue weighted by Crippen LogP contribution is -2.47. The SMILES string of the molecule is CN(CC(=O)N1CCCC1)C1CCCCC1O. The van der Waals surface area contributed by atoms with Crippen LogP contribution in [0.1, 0.15) is 38.5 Å². The molecule has 4 heteroatoms. The first-order valence-electron chi connectivity index (χ1n) is 6.84. The molecule has 0 bridgehead atoms. The third-order valence-corrected chi connectivity index (χ3v) is 4.10. The molecule has 2 unspecified atom stereocenters. The Hall–Kier alpha value is -0.610. The summed E-state index contributed by atoms with van der Waals surface area (Å²) in [7, 11) is 1.97. The quantitative estimate of drug-likeness (QED) is 0.795. The number of rotatable bonds is 3. The molecule has 4 nitrogen and oxygen atoms in total. The molecule has 98 valence electrons. The fourth-order valence-electron chi connectivity index (χ4n) is 3.00. The van der Waals surface area contributed by atoms with Crippen LogP contribution < -0.4 is 0 Å². The molecule has 1 saturated carbocycles. The van der Waals surface area contributed by atoms with Crippen LogP contribution in [-0.2, 0) is 4.79 Å². The molecule has 0 spiro atoms. The predicted molar refractivity (Wildman–Crippen MR) is 66.7 cm³/mol. The summed E-state index contributed by atoms with van der Waals surface area (Å²) >= 11 is 0. The fourth-order valence-corrected chi connectivity index (χ4v) is 3.00. The molecule has 2 atom stereocenters. The summed E-state index contributed by atoms with van der Waals surface area (Å²) in [5, 5.41) is 9.95. The lowest BCUT2D eigenvalue weighted by Gasteiger charge is -2.35. The molecule has 0 aromatic rings. The average Bonchev–Trinajstić information content (AvgIpc) is 2.82. The number of amides is 1. The maximum Gasteiger partial charge on any atom is 0.236 e. The van der Waals surface area contributed by atoms with E-state index in [0.29, 0.717) is 6.54 Å². The molecule has 1 amide bonds. The van der Waals surface area contributed by atoms with Gasteiger partial charge in [0.15, 0.2) is 0 Å². The molecule has 0 radical (unpaired) electrons. The van der Waals surface area contributed by atoms with Crippen LogP contribution in [0.25, 0.3) is 0 Å². The number of carbonyl (C=O) groups is 1. The van der Waals surface area contributed by atoms with Crippen molar-refractivity contribution in [2.45, 2.75) is 50.7 Å². The second-order valence-electron chi connectivity index (χ2n) is 5.42. The highest BCUT2D eigenvalue weighted by molar-refractivity contribution is 5.78. The summed E-state index contributed by atoms with van der Waals surface area (Å²) in [4.78, 5) is 16.0. The van der Waals surface area contributed by atoms with E-state index >= 15 is 0 Å². The Bertz CT molecular complexity index is 264. The van der Waals surface area contributed by atoms with Gasteiger partial charge in [-0.05, 0) is 32.7 Å². The Labute approximate surface area is 104 Å². The molecule has 1 N–H and O–H groups in total. The monoisotopic (exact) mass is 240 g/mol. The standard InChI is InChI=1S/C13H24N2O2/c1-14(11-6-2-3-7-12(11)16)10-13(17)15-8-4-5-9-15/h11-12,16H,2-10H2,1H3. The number of carbonyl (C=O) groups excluding carboxylic acids is 1. The maximum atomic E-state index is 12.0. The summed E-state index contributed by atoms with van der Waals surface area (Å²) in [6.07, 6.45) is 6.22. The predicted octanol–water partition coefficient (Wildman–Crippen LogP) is 0.844. The van der Waals surface area contributed by atoms with Crippen LogP contribution in [0.5, 0.6) is 0 Å². The molecule has 0 aromatic heterocycles. The van der Waals surface area contributed by atoms with Gasteiger partial charge in [-0.1, -0.05) is 12.8 Å². The minimum atomic E-state index is -0.250. The second kappa shape index (κ2) is 5.83. The molecule has 2 rings (SSSR count). The number of likely N-dealkylation sites (tertiary alicyclic amines) is 1. The van der Waals surface area contributed by atoms with Gasteiger partial charge in [-0.25, -0.2) is 0 Å². The normalized spacial score (nSPS) is 29.9. The minimum Gasteiger partial charge on any atom is -0.391 e. The third-order valence-electron chi connectivity index (χ3n) is 4.10. The zero-order valence-corrected chi connectivity index (χ0v) is 10.8. The van der Waals surface area contributed by atoms with E-state index in [1.54, 1.807) is 0 Å². The molecule has 17 heavy (non-hydrogen) atoms. The van der Waals surface area contributed by atoms with Crippen LogP contribution in [-0.4, -0.2) is 59.6 Å². The molecule has 2 fully saturated rings. The van der Waals surface area contributed by atoms with Gasteiger partial charge in [-0.15, -0.1) is 0 Å². The van der Waals surface area contributed by atoms with Crippen molar-refractivity contribution in [3.8, 4) is 0 Å². The van der Waals surface area contributed by atoms with Gasteiger partial charge in [-0.3, -0.25) is 9.69 Å². The largest absolute Gasteiger partial charge is 0.391 e. The Morgan fingerprint density at radius 2 is 1.88 bits per heavy atom. The Kier molecular flexibility index (Phi) is 4.40. The Morgan fingerprint density at radius 1 is 1.24 bits per heavy atom. The minimum absolute atomic E-state index is 0.176. The summed E-state index contributed by atoms with van der Waals surface area (Å²) in [6, 6.07) is 0.176. The Morgan fingerprint density at radius 3 is 2.53 bits per heavy atom. The van der Waals surface area contributed by atoms with Gasteiger partial charge >= 0.3 is 0 Å². The van der Waals surface area contributed by atoms with Crippen molar-refractivity contribution in [1.29, 1.82) is 0 Å². The Balaban J connectivity index is 1.82. The van der Waals surface area contributed by atoms with Crippen molar-refractivity contribution < 1.29 is 9.90 Å². The summed E-state index contributed by atoms with van der Waals surface area (Å²) in [5.74, 6) is 0.225. The van der Waals surface area contributed by atoms with Crippen LogP contribution >= 0.6 is 0 Å². The van der Waals surface area contributed by atoms with Crippen molar-refractivity contribution >= 4 is 5.91 Å². The van der Waals surface area contributed by atoms with Gasteiger partial charge < -0.3 is 10.0 Å². The van der Waals surface area contributed by atoms with Gasteiger partial charge in [0.25, 0.3) is 0 Å². The summed E-state index contributed by atoms with van der Waals surface area (Å²) in [6.45, 7) is 2.29. The van der Waals surface area contributed by atoms with Gasteiger partial charge in [0.05, 0.1) is 12.6 Å². The van der Waals surface area contributed by atoms with E-state index in [2.05, 4.69) is 0 Å². The number of hydrogen-bond acceptors (Lipinski definition) is 3. The summed E-state index contributed by atoms with van der Waals surface area (Å²) in [5.41, 5.74) is 0. The first kappa shape index (κ1) is 12.8. The molecular weight excluding hydrogens is 216 g/mol. The zero-order chi connectivity index (χ0) is 12.3. The number of aliphatic hydroxyl groups excluding tert-OH is 1. The van der Waals surface area contributed by atoms with Crippen molar-refractivity contribution in [2.24, 2.45) is 0 Å². The topological polar surface area (TPSA) is 43.8 Å². The van der Waals surface area contributed by atoms with Crippen LogP contribution in [0.3, 0.4) is 0 Å². The number of nitrogens with zero attached hydrogens (tertiary/aromatic N) is 2. The second-order valence-corrected chi connectivity index (χ2v) is 5.42. The van der Waals surface area contributed by atoms with E-state index in [-0.39, 0.29) is 18.1 Å². The van der Waals surface area contributed by atoms with E-state index in [9.17, 15) is 9.90 Å². The molecule has 2 aliphatic rings. The van der Waals surface area contributed by atoms with E-state index in [0.717, 1.165) is 45.2 Å². The van der Waals surface area contributed by atoms with Crippen LogP contribution in [0.15, 0.2) is 0 Å². The van der Waals surface area contributed by atoms with Crippen LogP contribution in [0.4, 0.5) is 0 Å². The van der Waals surface area contributed by atoms with E-state index < -0.39 is 0 Å². The van der Waals surface area contributed by atoms with Crippen LogP contribution in [0.2, 0.25) is 0 Å². The van der Waals surface area contributed by atoms with E-state index in [1.165, 1.54) is 6.42 Å². The van der Waals surface area contributed by atoms with Gasteiger partial charge in [0, 0.05) is 19.1 Å². The molecule has 1 heterocycles. The first-order valence-corrected chi connectivity index (χ1v) is 6.84. The number of likely N-dealkylation sites (N-methyl/N-ethyl adjacent to an activating group) is 1. The van der Waals surface area contributed by atoms with Crippen molar-refractivity contribution in [3.05, 3.63) is 0 Å². The lowest BCUT2D eigenvalue weighted by molar-refractivity contribution is -0.132. The molecular formula is C13H24N2O2. The average molecular weight is 240 g/mol. The van der Waals surface area contributed by atoms with Gasteiger partial charge in [-0.2, -0.15) is 0 Å². The highest BCUT2D eigenvalue weighted by Gasteiger charge is 2.29. The highest BCUT2D eigenvalue weighted by Crippen LogP contribution is 2.22. The zero-order valence-electron chi connectivity index (χ0n) is 10.8. The molecule has 1 aliphatic carbocycles. The number of aliphatic hydroxyl groups is 1. The molecule has 0 aromatic carbocycles. The van der Waals surface area contributed by atoms with E-state index in [1.807, 2.05) is 16.8 Å². The van der Waals surface area contributed by atoms with Crippen molar-refractivity contribution in [3.63, 3.8) is 0 Å². The summed E-state index contributed by atoms with van der Waals surface area (Å²) < 4.78 is 0. The highest BCUT2D eigenvalue weighted by atomic mass is 16.3. The molecule has 1 aliphatic heterocycles. The number of hydrogen-bond donors (Lipinski definition) is 1. The first-order chi connectivity index (χ1) is 8.18. The van der Waals surface area contributed by atoms with Crippen LogP contribution in [0, 0.1) is 0 Å². The van der Waals surface area contributed by atoms with E-state index in [4.69, 9.17) is 0 Å².